The van der Waals surface area contributed by atoms with Gasteiger partial charge in [0.2, 0.25) is 0 Å². The van der Waals surface area contributed by atoms with Crippen molar-refractivity contribution in [3.63, 3.8) is 0 Å². The fourth-order valence-electron chi connectivity index (χ4n) is 0.883. The van der Waals surface area contributed by atoms with Gasteiger partial charge in [0.25, 0.3) is 0 Å². The lowest BCUT2D eigenvalue weighted by molar-refractivity contribution is 0.385. The van der Waals surface area contributed by atoms with Crippen LogP contribution in [0.5, 0.6) is 5.75 Å². The van der Waals surface area contributed by atoms with E-state index in [0.717, 1.165) is 9.13 Å². The molecule has 1 rings (SSSR count). The molecule has 0 atom stereocenters. The Bertz CT molecular complexity index is 261. The van der Waals surface area contributed by atoms with E-state index in [0.29, 0.717) is 6.54 Å². The summed E-state index contributed by atoms with van der Waals surface area (Å²) >= 11 is 2.10. The predicted octanol–water partition coefficient (Wildman–Crippen LogP) is 1.90. The fraction of sp³-hybridized carbons (Fsp3) is 0.250. The Morgan fingerprint density at radius 3 is 2.75 bits per heavy atom. The molecule has 0 aliphatic carbocycles. The Hall–Kier alpha value is -0.360. The first-order chi connectivity index (χ1) is 5.69. The van der Waals surface area contributed by atoms with E-state index in [2.05, 4.69) is 22.6 Å². The highest BCUT2D eigenvalue weighted by Gasteiger charge is 2.06. The molecule has 0 heterocycles. The van der Waals surface area contributed by atoms with Crippen LogP contribution >= 0.6 is 22.6 Å². The molecule has 1 aromatic rings. The summed E-state index contributed by atoms with van der Waals surface area (Å²) in [6, 6.07) is 3.04. The molecule has 0 unspecified atom stereocenters. The minimum Gasteiger partial charge on any atom is -0.494 e. The first kappa shape index (κ1) is 9.73. The van der Waals surface area contributed by atoms with Crippen molar-refractivity contribution in [3.8, 4) is 5.75 Å². The molecule has 0 aliphatic heterocycles. The van der Waals surface area contributed by atoms with Crippen molar-refractivity contribution in [1.82, 2.24) is 0 Å². The van der Waals surface area contributed by atoms with Gasteiger partial charge in [0, 0.05) is 10.1 Å². The lowest BCUT2D eigenvalue weighted by Gasteiger charge is -2.05. The van der Waals surface area contributed by atoms with Crippen molar-refractivity contribution in [3.05, 3.63) is 27.1 Å². The van der Waals surface area contributed by atoms with E-state index in [1.807, 2.05) is 0 Å². The lowest BCUT2D eigenvalue weighted by Crippen LogP contribution is -2.01. The molecule has 66 valence electrons. The Kier molecular flexibility index (Phi) is 3.28. The molecule has 0 radical (unpaired) electrons. The maximum atomic E-state index is 13.0. The lowest BCUT2D eigenvalue weighted by atomic mass is 10.2. The van der Waals surface area contributed by atoms with Crippen molar-refractivity contribution in [2.24, 2.45) is 5.73 Å². The predicted molar refractivity (Wildman–Crippen MR) is 53.6 cm³/mol. The van der Waals surface area contributed by atoms with Gasteiger partial charge in [0.15, 0.2) is 11.6 Å². The van der Waals surface area contributed by atoms with Gasteiger partial charge in [-0.15, -0.1) is 0 Å². The van der Waals surface area contributed by atoms with Crippen LogP contribution in [0.4, 0.5) is 4.39 Å². The van der Waals surface area contributed by atoms with Gasteiger partial charge in [-0.2, -0.15) is 0 Å². The van der Waals surface area contributed by atoms with E-state index >= 15 is 0 Å². The maximum Gasteiger partial charge on any atom is 0.165 e. The number of nitrogens with two attached hydrogens (primary N) is 1. The molecule has 2 N–H and O–H groups in total. The number of halogens is 2. The number of hydrogen-bond acceptors (Lipinski definition) is 2. The fourth-order valence-corrected chi connectivity index (χ4v) is 1.54. The van der Waals surface area contributed by atoms with E-state index in [4.69, 9.17) is 10.5 Å². The monoisotopic (exact) mass is 281 g/mol. The molecule has 2 nitrogen and oxygen atoms in total. The van der Waals surface area contributed by atoms with Crippen molar-refractivity contribution in [2.75, 3.05) is 7.11 Å². The van der Waals surface area contributed by atoms with Crippen LogP contribution in [0, 0.1) is 9.39 Å². The van der Waals surface area contributed by atoms with Crippen molar-refractivity contribution in [1.29, 1.82) is 0 Å². The number of ether oxygens (including phenoxy) is 1. The largest absolute Gasteiger partial charge is 0.494 e. The summed E-state index contributed by atoms with van der Waals surface area (Å²) in [5, 5.41) is 0. The Morgan fingerprint density at radius 1 is 1.58 bits per heavy atom. The molecule has 0 amide bonds. The normalized spacial score (nSPS) is 10.0. The van der Waals surface area contributed by atoms with Crippen LogP contribution in [0.2, 0.25) is 0 Å². The van der Waals surface area contributed by atoms with Crippen LogP contribution in [-0.2, 0) is 6.54 Å². The molecule has 0 spiro atoms. The molecule has 12 heavy (non-hydrogen) atoms. The molecule has 4 heteroatoms. The number of benzene rings is 1. The number of hydrogen-bond donors (Lipinski definition) is 1. The standard InChI is InChI=1S/C8H9FINO/c1-12-8-3-7(10)5(4-11)2-6(8)9/h2-3H,4,11H2,1H3. The molecule has 0 aliphatic rings. The van der Waals surface area contributed by atoms with Gasteiger partial charge in [-0.1, -0.05) is 0 Å². The van der Waals surface area contributed by atoms with Crippen molar-refractivity contribution in [2.45, 2.75) is 6.54 Å². The van der Waals surface area contributed by atoms with Crippen molar-refractivity contribution < 1.29 is 9.13 Å². The SMILES string of the molecule is COc1cc(I)c(CN)cc1F. The smallest absolute Gasteiger partial charge is 0.165 e. The summed E-state index contributed by atoms with van der Waals surface area (Å²) in [6.07, 6.45) is 0. The second-order valence-corrected chi connectivity index (χ2v) is 3.44. The number of methoxy groups -OCH3 is 1. The van der Waals surface area contributed by atoms with E-state index in [1.165, 1.54) is 13.2 Å². The first-order valence-electron chi connectivity index (χ1n) is 3.41. The summed E-state index contributed by atoms with van der Waals surface area (Å²) in [5.74, 6) is -0.102. The average Bonchev–Trinajstić information content (AvgIpc) is 2.08. The van der Waals surface area contributed by atoms with E-state index < -0.39 is 0 Å². The van der Waals surface area contributed by atoms with Crippen molar-refractivity contribution >= 4 is 22.6 Å². The van der Waals surface area contributed by atoms with Crippen LogP contribution in [0.1, 0.15) is 5.56 Å². The highest BCUT2D eigenvalue weighted by atomic mass is 127. The summed E-state index contributed by atoms with van der Waals surface area (Å²) in [6.45, 7) is 0.346. The quantitative estimate of drug-likeness (QED) is 0.840. The topological polar surface area (TPSA) is 35.2 Å². The van der Waals surface area contributed by atoms with Gasteiger partial charge in [-0.05, 0) is 40.3 Å². The third-order valence-electron chi connectivity index (χ3n) is 1.54. The third-order valence-corrected chi connectivity index (χ3v) is 2.54. The van der Waals surface area contributed by atoms with Crippen LogP contribution in [-0.4, -0.2) is 7.11 Å². The van der Waals surface area contributed by atoms with Gasteiger partial charge < -0.3 is 10.5 Å². The van der Waals surface area contributed by atoms with Crippen LogP contribution < -0.4 is 10.5 Å². The highest BCUT2D eigenvalue weighted by molar-refractivity contribution is 14.1. The minimum atomic E-state index is -0.363. The zero-order valence-electron chi connectivity index (χ0n) is 6.60. The van der Waals surface area contributed by atoms with E-state index in [-0.39, 0.29) is 11.6 Å². The summed E-state index contributed by atoms with van der Waals surface area (Å²) in [4.78, 5) is 0. The van der Waals surface area contributed by atoms with Crippen LogP contribution in [0.15, 0.2) is 12.1 Å². The second kappa shape index (κ2) is 4.04. The highest BCUT2D eigenvalue weighted by Crippen LogP contribution is 2.23. The molecule has 0 saturated heterocycles. The van der Waals surface area contributed by atoms with Gasteiger partial charge in [0.1, 0.15) is 0 Å². The summed E-state index contributed by atoms with van der Waals surface area (Å²) < 4.78 is 18.8. The molecule has 0 fully saturated rings. The van der Waals surface area contributed by atoms with E-state index in [9.17, 15) is 4.39 Å². The zero-order valence-corrected chi connectivity index (χ0v) is 8.76. The average molecular weight is 281 g/mol. The van der Waals surface area contributed by atoms with Gasteiger partial charge in [-0.25, -0.2) is 4.39 Å². The van der Waals surface area contributed by atoms with Gasteiger partial charge >= 0.3 is 0 Å². The Morgan fingerprint density at radius 2 is 2.25 bits per heavy atom. The zero-order chi connectivity index (χ0) is 9.14. The molecule has 1 aromatic carbocycles. The summed E-state index contributed by atoms with van der Waals surface area (Å²) in [5.41, 5.74) is 6.20. The van der Waals surface area contributed by atoms with Crippen LogP contribution in [0.3, 0.4) is 0 Å². The molecule has 0 saturated carbocycles. The Balaban J connectivity index is 3.16. The summed E-state index contributed by atoms with van der Waals surface area (Å²) in [7, 11) is 1.44. The van der Waals surface area contributed by atoms with Gasteiger partial charge in [-0.3, -0.25) is 0 Å². The number of rotatable bonds is 2. The first-order valence-corrected chi connectivity index (χ1v) is 4.49. The third kappa shape index (κ3) is 1.87. The molecular formula is C8H9FINO. The van der Waals surface area contributed by atoms with Crippen LogP contribution in [0.25, 0.3) is 0 Å². The molecule has 0 bridgehead atoms. The molecule has 0 aromatic heterocycles. The van der Waals surface area contributed by atoms with Gasteiger partial charge in [0.05, 0.1) is 7.11 Å². The van der Waals surface area contributed by atoms with E-state index in [1.54, 1.807) is 6.07 Å². The Labute approximate surface area is 84.0 Å². The second-order valence-electron chi connectivity index (χ2n) is 2.28. The maximum absolute atomic E-state index is 13.0. The molecular weight excluding hydrogens is 272 g/mol. The minimum absolute atomic E-state index is 0.261.